The molecule has 3 N–H and O–H groups in total. The molecular weight excluding hydrogens is 200 g/mol. The molecule has 3 nitrogen and oxygen atoms in total. The topological polar surface area (TPSA) is 55.1 Å². The second kappa shape index (κ2) is 4.59. The molecule has 3 heteroatoms. The van der Waals surface area contributed by atoms with Crippen LogP contribution in [0.3, 0.4) is 0 Å². The van der Waals surface area contributed by atoms with E-state index in [1.165, 1.54) is 0 Å². The van der Waals surface area contributed by atoms with Gasteiger partial charge in [-0.3, -0.25) is 10.2 Å². The van der Waals surface area contributed by atoms with Gasteiger partial charge < -0.3 is 0 Å². The predicted molar refractivity (Wildman–Crippen MR) is 63.5 cm³/mol. The molecule has 0 saturated heterocycles. The molecule has 0 heterocycles. The van der Waals surface area contributed by atoms with Crippen molar-refractivity contribution < 1.29 is 4.79 Å². The van der Waals surface area contributed by atoms with Gasteiger partial charge in [0, 0.05) is 5.56 Å². The average molecular weight is 212 g/mol. The quantitative estimate of drug-likeness (QED) is 0.454. The van der Waals surface area contributed by atoms with Crippen LogP contribution in [0.5, 0.6) is 0 Å². The molecule has 80 valence electrons. The van der Waals surface area contributed by atoms with Crippen molar-refractivity contribution in [3.63, 3.8) is 0 Å². The third-order valence-electron chi connectivity index (χ3n) is 2.36. The third-order valence-corrected chi connectivity index (χ3v) is 2.36. The number of hydrogen-bond donors (Lipinski definition) is 2. The normalized spacial score (nSPS) is 9.81. The van der Waals surface area contributed by atoms with E-state index in [1.807, 2.05) is 48.5 Å². The molecule has 0 atom stereocenters. The monoisotopic (exact) mass is 212 g/mol. The third kappa shape index (κ3) is 2.10. The number of amides is 1. The zero-order valence-electron chi connectivity index (χ0n) is 8.68. The lowest BCUT2D eigenvalue weighted by molar-refractivity contribution is 0.0953. The minimum Gasteiger partial charge on any atom is -0.290 e. The van der Waals surface area contributed by atoms with E-state index in [0.717, 1.165) is 11.1 Å². The maximum Gasteiger partial charge on any atom is 0.265 e. The van der Waals surface area contributed by atoms with Crippen LogP contribution in [0.25, 0.3) is 11.1 Å². The summed E-state index contributed by atoms with van der Waals surface area (Å²) in [6.45, 7) is 0. The van der Waals surface area contributed by atoms with Gasteiger partial charge in [-0.25, -0.2) is 5.84 Å². The van der Waals surface area contributed by atoms with Crippen LogP contribution in [-0.2, 0) is 0 Å². The number of rotatable bonds is 2. The number of carbonyl (C=O) groups is 1. The molecule has 0 aliphatic rings. The highest BCUT2D eigenvalue weighted by molar-refractivity contribution is 5.95. The summed E-state index contributed by atoms with van der Waals surface area (Å²) in [6.07, 6.45) is 0. The summed E-state index contributed by atoms with van der Waals surface area (Å²) in [4.78, 5) is 11.4. The second-order valence-electron chi connectivity index (χ2n) is 3.42. The Morgan fingerprint density at radius 2 is 1.62 bits per heavy atom. The first-order valence-electron chi connectivity index (χ1n) is 4.97. The Hall–Kier alpha value is -2.13. The number of benzene rings is 2. The maximum absolute atomic E-state index is 11.4. The Labute approximate surface area is 93.9 Å². The molecule has 0 saturated carbocycles. The minimum atomic E-state index is -0.280. The summed E-state index contributed by atoms with van der Waals surface area (Å²) < 4.78 is 0. The van der Waals surface area contributed by atoms with Crippen molar-refractivity contribution in [1.82, 2.24) is 5.43 Å². The summed E-state index contributed by atoms with van der Waals surface area (Å²) in [5.41, 5.74) is 4.76. The van der Waals surface area contributed by atoms with Gasteiger partial charge in [0.25, 0.3) is 5.91 Å². The number of hydrogen-bond acceptors (Lipinski definition) is 2. The van der Waals surface area contributed by atoms with Crippen molar-refractivity contribution in [2.75, 3.05) is 0 Å². The van der Waals surface area contributed by atoms with Crippen molar-refractivity contribution >= 4 is 5.91 Å². The molecule has 2 aromatic rings. The van der Waals surface area contributed by atoms with Crippen LogP contribution in [0, 0.1) is 0 Å². The van der Waals surface area contributed by atoms with Crippen molar-refractivity contribution in [2.45, 2.75) is 0 Å². The van der Waals surface area contributed by atoms with Crippen LogP contribution in [0.2, 0.25) is 0 Å². The Kier molecular flexibility index (Phi) is 2.98. The molecule has 0 aliphatic heterocycles. The van der Waals surface area contributed by atoms with Crippen molar-refractivity contribution in [3.05, 3.63) is 60.2 Å². The first kappa shape index (κ1) is 10.4. The molecule has 0 fully saturated rings. The number of nitrogens with two attached hydrogens (primary N) is 1. The first-order valence-corrected chi connectivity index (χ1v) is 4.97. The minimum absolute atomic E-state index is 0.280. The van der Waals surface area contributed by atoms with Gasteiger partial charge in [0.1, 0.15) is 0 Å². The van der Waals surface area contributed by atoms with Gasteiger partial charge in [-0.05, 0) is 23.3 Å². The van der Waals surface area contributed by atoms with Crippen LogP contribution in [-0.4, -0.2) is 5.91 Å². The van der Waals surface area contributed by atoms with E-state index in [4.69, 9.17) is 5.84 Å². The molecule has 1 amide bonds. The maximum atomic E-state index is 11.4. The second-order valence-corrected chi connectivity index (χ2v) is 3.42. The van der Waals surface area contributed by atoms with Crippen LogP contribution in [0.4, 0.5) is 0 Å². The average Bonchev–Trinajstić information content (AvgIpc) is 2.39. The zero-order chi connectivity index (χ0) is 11.4. The highest BCUT2D eigenvalue weighted by atomic mass is 16.2. The Bertz CT molecular complexity index is 494. The van der Waals surface area contributed by atoms with Gasteiger partial charge >= 0.3 is 0 Å². The number of hydrazine groups is 1. The number of nitrogen functional groups attached to an aromatic ring is 1. The summed E-state index contributed by atoms with van der Waals surface area (Å²) >= 11 is 0. The molecular formula is C13H12N2O. The molecule has 0 aliphatic carbocycles. The Balaban J connectivity index is 2.40. The summed E-state index contributed by atoms with van der Waals surface area (Å²) in [6, 6.07) is 17.2. The van der Waals surface area contributed by atoms with Crippen LogP contribution in [0.1, 0.15) is 10.4 Å². The van der Waals surface area contributed by atoms with Gasteiger partial charge in [0.2, 0.25) is 0 Å². The van der Waals surface area contributed by atoms with Crippen LogP contribution < -0.4 is 11.3 Å². The fourth-order valence-corrected chi connectivity index (χ4v) is 1.55. The zero-order valence-corrected chi connectivity index (χ0v) is 8.68. The highest BCUT2D eigenvalue weighted by Gasteiger charge is 2.04. The molecule has 0 bridgehead atoms. The van der Waals surface area contributed by atoms with E-state index >= 15 is 0 Å². The van der Waals surface area contributed by atoms with E-state index in [2.05, 4.69) is 5.43 Å². The van der Waals surface area contributed by atoms with Crippen LogP contribution in [0.15, 0.2) is 54.6 Å². The van der Waals surface area contributed by atoms with E-state index in [9.17, 15) is 4.79 Å². The van der Waals surface area contributed by atoms with Gasteiger partial charge in [0.15, 0.2) is 0 Å². The molecule has 16 heavy (non-hydrogen) atoms. The fourth-order valence-electron chi connectivity index (χ4n) is 1.55. The lowest BCUT2D eigenvalue weighted by Gasteiger charge is -2.04. The molecule has 2 rings (SSSR count). The molecule has 0 radical (unpaired) electrons. The largest absolute Gasteiger partial charge is 0.290 e. The molecule has 0 unspecified atom stereocenters. The number of nitrogens with one attached hydrogen (secondary N) is 1. The summed E-state index contributed by atoms with van der Waals surface area (Å²) in [7, 11) is 0. The van der Waals surface area contributed by atoms with Gasteiger partial charge in [-0.2, -0.15) is 0 Å². The van der Waals surface area contributed by atoms with Gasteiger partial charge in [0.05, 0.1) is 0 Å². The Morgan fingerprint density at radius 3 is 2.31 bits per heavy atom. The predicted octanol–water partition coefficient (Wildman–Crippen LogP) is 1.96. The van der Waals surface area contributed by atoms with Gasteiger partial charge in [-0.1, -0.05) is 42.5 Å². The SMILES string of the molecule is NNC(=O)c1cccc(-c2ccccc2)c1. The molecule has 2 aromatic carbocycles. The van der Waals surface area contributed by atoms with E-state index in [1.54, 1.807) is 6.07 Å². The van der Waals surface area contributed by atoms with Crippen molar-refractivity contribution in [3.8, 4) is 11.1 Å². The highest BCUT2D eigenvalue weighted by Crippen LogP contribution is 2.19. The van der Waals surface area contributed by atoms with Crippen molar-refractivity contribution in [2.24, 2.45) is 5.84 Å². The van der Waals surface area contributed by atoms with E-state index < -0.39 is 0 Å². The summed E-state index contributed by atoms with van der Waals surface area (Å²) in [5.74, 6) is 4.81. The summed E-state index contributed by atoms with van der Waals surface area (Å²) in [5, 5.41) is 0. The van der Waals surface area contributed by atoms with E-state index in [-0.39, 0.29) is 5.91 Å². The standard InChI is InChI=1S/C13H12N2O/c14-15-13(16)12-8-4-7-11(9-12)10-5-2-1-3-6-10/h1-9H,14H2,(H,15,16). The smallest absolute Gasteiger partial charge is 0.265 e. The lowest BCUT2D eigenvalue weighted by atomic mass is 10.0. The molecule has 0 spiro atoms. The van der Waals surface area contributed by atoms with Gasteiger partial charge in [-0.15, -0.1) is 0 Å². The number of carbonyl (C=O) groups excluding carboxylic acids is 1. The van der Waals surface area contributed by atoms with E-state index in [0.29, 0.717) is 5.56 Å². The Morgan fingerprint density at radius 1 is 0.938 bits per heavy atom. The molecule has 0 aromatic heterocycles. The first-order chi connectivity index (χ1) is 7.81. The fraction of sp³-hybridized carbons (Fsp3) is 0. The van der Waals surface area contributed by atoms with Crippen molar-refractivity contribution in [1.29, 1.82) is 0 Å². The lowest BCUT2D eigenvalue weighted by Crippen LogP contribution is -2.29. The van der Waals surface area contributed by atoms with Crippen LogP contribution >= 0.6 is 0 Å².